The molecule has 1 saturated heterocycles. The predicted octanol–water partition coefficient (Wildman–Crippen LogP) is 3.30. The van der Waals surface area contributed by atoms with Crippen LogP contribution in [0.15, 0.2) is 0 Å². The molecular weight excluding hydrogens is 208 g/mol. The van der Waals surface area contributed by atoms with Crippen LogP contribution >= 0.6 is 0 Å². The Balaban J connectivity index is 1.83. The van der Waals surface area contributed by atoms with Crippen molar-refractivity contribution in [3.05, 3.63) is 0 Å². The number of hydrogen-bond donors (Lipinski definition) is 1. The minimum Gasteiger partial charge on any atom is -0.328 e. The summed E-state index contributed by atoms with van der Waals surface area (Å²) < 4.78 is 0. The summed E-state index contributed by atoms with van der Waals surface area (Å²) in [6.45, 7) is 2.59. The van der Waals surface area contributed by atoms with Gasteiger partial charge in [0, 0.05) is 12.1 Å². The van der Waals surface area contributed by atoms with Gasteiger partial charge in [0.2, 0.25) is 0 Å². The Morgan fingerprint density at radius 3 is 2.06 bits per heavy atom. The van der Waals surface area contributed by atoms with Crippen LogP contribution in [0.2, 0.25) is 0 Å². The molecule has 0 amide bonds. The Bertz CT molecular complexity index is 197. The van der Waals surface area contributed by atoms with Gasteiger partial charge in [-0.2, -0.15) is 0 Å². The molecule has 0 bridgehead atoms. The first kappa shape index (κ1) is 13.4. The Morgan fingerprint density at radius 2 is 1.29 bits per heavy atom. The lowest BCUT2D eigenvalue weighted by atomic mass is 9.94. The van der Waals surface area contributed by atoms with Crippen LogP contribution < -0.4 is 5.73 Å². The molecule has 1 heterocycles. The summed E-state index contributed by atoms with van der Waals surface area (Å²) >= 11 is 0. The van der Waals surface area contributed by atoms with Gasteiger partial charge in [0.15, 0.2) is 0 Å². The van der Waals surface area contributed by atoms with Crippen molar-refractivity contribution in [2.24, 2.45) is 5.73 Å². The molecule has 1 saturated carbocycles. The first-order valence-corrected chi connectivity index (χ1v) is 7.86. The number of hydrogen-bond acceptors (Lipinski definition) is 2. The molecule has 1 aliphatic carbocycles. The lowest BCUT2D eigenvalue weighted by Crippen LogP contribution is -2.40. The molecule has 0 spiro atoms. The lowest BCUT2D eigenvalue weighted by molar-refractivity contribution is 0.148. The first-order valence-electron chi connectivity index (χ1n) is 7.86. The minimum absolute atomic E-state index is 0.464. The average Bonchev–Trinajstić information content (AvgIpc) is 2.25. The highest BCUT2D eigenvalue weighted by molar-refractivity contribution is 4.77. The third-order valence-corrected chi connectivity index (χ3v) is 4.65. The summed E-state index contributed by atoms with van der Waals surface area (Å²) in [4.78, 5) is 2.77. The summed E-state index contributed by atoms with van der Waals surface area (Å²) in [6.07, 6.45) is 15.3. The van der Waals surface area contributed by atoms with Gasteiger partial charge in [-0.15, -0.1) is 0 Å². The van der Waals surface area contributed by atoms with E-state index < -0.39 is 0 Å². The second-order valence-corrected chi connectivity index (χ2v) is 6.08. The molecule has 2 aliphatic rings. The van der Waals surface area contributed by atoms with E-state index in [0.717, 1.165) is 6.04 Å². The normalized spacial score (nSPS) is 31.2. The van der Waals surface area contributed by atoms with E-state index >= 15 is 0 Å². The molecule has 0 radical (unpaired) electrons. The van der Waals surface area contributed by atoms with Gasteiger partial charge in [0.05, 0.1) is 0 Å². The number of likely N-dealkylation sites (tertiary alicyclic amines) is 1. The highest BCUT2D eigenvalue weighted by Gasteiger charge is 2.21. The van der Waals surface area contributed by atoms with E-state index in [-0.39, 0.29) is 0 Å². The SMILES string of the molecule is NC1CCCCN(C2CCCCCCC2)CC1. The summed E-state index contributed by atoms with van der Waals surface area (Å²) in [6, 6.07) is 1.34. The van der Waals surface area contributed by atoms with Crippen molar-refractivity contribution in [3.8, 4) is 0 Å². The van der Waals surface area contributed by atoms with Crippen LogP contribution in [0.4, 0.5) is 0 Å². The van der Waals surface area contributed by atoms with Crippen molar-refractivity contribution in [2.45, 2.75) is 82.7 Å². The van der Waals surface area contributed by atoms with Crippen molar-refractivity contribution >= 4 is 0 Å². The summed E-state index contributed by atoms with van der Waals surface area (Å²) in [5.41, 5.74) is 6.13. The van der Waals surface area contributed by atoms with Gasteiger partial charge in [-0.25, -0.2) is 0 Å². The molecule has 1 unspecified atom stereocenters. The highest BCUT2D eigenvalue weighted by atomic mass is 15.2. The Labute approximate surface area is 107 Å². The van der Waals surface area contributed by atoms with Gasteiger partial charge in [-0.1, -0.05) is 38.5 Å². The van der Waals surface area contributed by atoms with Crippen LogP contribution in [-0.2, 0) is 0 Å². The van der Waals surface area contributed by atoms with E-state index in [4.69, 9.17) is 5.73 Å². The molecule has 2 N–H and O–H groups in total. The third kappa shape index (κ3) is 4.59. The lowest BCUT2D eigenvalue weighted by Gasteiger charge is -2.35. The quantitative estimate of drug-likeness (QED) is 0.759. The van der Waals surface area contributed by atoms with E-state index in [1.165, 1.54) is 83.7 Å². The monoisotopic (exact) mass is 238 g/mol. The maximum atomic E-state index is 6.13. The fourth-order valence-corrected chi connectivity index (χ4v) is 3.47. The van der Waals surface area contributed by atoms with E-state index in [9.17, 15) is 0 Å². The smallest absolute Gasteiger partial charge is 0.00952 e. The Morgan fingerprint density at radius 1 is 0.647 bits per heavy atom. The molecule has 0 aromatic heterocycles. The Kier molecular flexibility index (Phi) is 5.79. The van der Waals surface area contributed by atoms with Gasteiger partial charge in [-0.3, -0.25) is 0 Å². The zero-order valence-electron chi connectivity index (χ0n) is 11.4. The summed E-state index contributed by atoms with van der Waals surface area (Å²) in [7, 11) is 0. The molecule has 2 heteroatoms. The number of nitrogens with two attached hydrogens (primary N) is 1. The number of nitrogens with zero attached hydrogens (tertiary/aromatic N) is 1. The van der Waals surface area contributed by atoms with E-state index in [1.807, 2.05) is 0 Å². The molecule has 2 rings (SSSR count). The van der Waals surface area contributed by atoms with E-state index in [2.05, 4.69) is 4.90 Å². The molecule has 2 fully saturated rings. The second kappa shape index (κ2) is 7.38. The molecule has 17 heavy (non-hydrogen) atoms. The summed E-state index contributed by atoms with van der Waals surface area (Å²) in [5, 5.41) is 0. The maximum Gasteiger partial charge on any atom is 0.00952 e. The zero-order valence-corrected chi connectivity index (χ0v) is 11.4. The van der Waals surface area contributed by atoms with Gasteiger partial charge in [-0.05, 0) is 45.2 Å². The first-order chi connectivity index (χ1) is 8.36. The van der Waals surface area contributed by atoms with Crippen molar-refractivity contribution in [1.29, 1.82) is 0 Å². The van der Waals surface area contributed by atoms with Crippen LogP contribution in [0.3, 0.4) is 0 Å². The van der Waals surface area contributed by atoms with Crippen LogP contribution in [0, 0.1) is 0 Å². The maximum absolute atomic E-state index is 6.13. The fourth-order valence-electron chi connectivity index (χ4n) is 3.47. The molecule has 1 atom stereocenters. The van der Waals surface area contributed by atoms with Crippen molar-refractivity contribution in [1.82, 2.24) is 4.90 Å². The van der Waals surface area contributed by atoms with Gasteiger partial charge < -0.3 is 10.6 Å². The van der Waals surface area contributed by atoms with Crippen molar-refractivity contribution < 1.29 is 0 Å². The van der Waals surface area contributed by atoms with Gasteiger partial charge in [0.1, 0.15) is 0 Å². The molecular formula is C15H30N2. The average molecular weight is 238 g/mol. The molecule has 0 aromatic rings. The van der Waals surface area contributed by atoms with E-state index in [0.29, 0.717) is 6.04 Å². The molecule has 100 valence electrons. The molecule has 2 nitrogen and oxygen atoms in total. The largest absolute Gasteiger partial charge is 0.328 e. The Hall–Kier alpha value is -0.0800. The summed E-state index contributed by atoms with van der Waals surface area (Å²) in [5.74, 6) is 0. The topological polar surface area (TPSA) is 29.3 Å². The van der Waals surface area contributed by atoms with Crippen LogP contribution in [0.5, 0.6) is 0 Å². The van der Waals surface area contributed by atoms with Crippen LogP contribution in [0.25, 0.3) is 0 Å². The van der Waals surface area contributed by atoms with Gasteiger partial charge in [0.25, 0.3) is 0 Å². The molecule has 0 aromatic carbocycles. The zero-order chi connectivity index (χ0) is 11.9. The third-order valence-electron chi connectivity index (χ3n) is 4.65. The second-order valence-electron chi connectivity index (χ2n) is 6.08. The number of rotatable bonds is 1. The van der Waals surface area contributed by atoms with E-state index in [1.54, 1.807) is 0 Å². The van der Waals surface area contributed by atoms with Crippen LogP contribution in [0.1, 0.15) is 70.6 Å². The fraction of sp³-hybridized carbons (Fsp3) is 1.00. The van der Waals surface area contributed by atoms with Gasteiger partial charge >= 0.3 is 0 Å². The highest BCUT2D eigenvalue weighted by Crippen LogP contribution is 2.23. The van der Waals surface area contributed by atoms with Crippen LogP contribution in [-0.4, -0.2) is 30.1 Å². The predicted molar refractivity (Wildman–Crippen MR) is 74.1 cm³/mol. The standard InChI is InChI=1S/C15H30N2/c16-14-8-6-7-12-17(13-11-14)15-9-4-2-1-3-5-10-15/h14-15H,1-13,16H2. The van der Waals surface area contributed by atoms with Crippen molar-refractivity contribution in [3.63, 3.8) is 0 Å². The minimum atomic E-state index is 0.464. The van der Waals surface area contributed by atoms with Crippen molar-refractivity contribution in [2.75, 3.05) is 13.1 Å². The molecule has 1 aliphatic heterocycles.